The molecule has 0 atom stereocenters. The Morgan fingerprint density at radius 2 is 1.75 bits per heavy atom. The van der Waals surface area contributed by atoms with Crippen LogP contribution in [0.3, 0.4) is 0 Å². The molecule has 2 aromatic rings. The van der Waals surface area contributed by atoms with Crippen LogP contribution in [0.5, 0.6) is 0 Å². The van der Waals surface area contributed by atoms with E-state index in [9.17, 15) is 8.42 Å². The van der Waals surface area contributed by atoms with Crippen LogP contribution in [0, 0.1) is 0 Å². The molecule has 2 aromatic carbocycles. The lowest BCUT2D eigenvalue weighted by Gasteiger charge is -2.17. The topological polar surface area (TPSA) is 75.4 Å². The first kappa shape index (κ1) is 14.6. The summed E-state index contributed by atoms with van der Waals surface area (Å²) in [6.45, 7) is 0.100. The molecule has 20 heavy (non-hydrogen) atoms. The maximum absolute atomic E-state index is 11.9. The van der Waals surface area contributed by atoms with Crippen LogP contribution in [0.1, 0.15) is 0 Å². The smallest absolute Gasteiger partial charge is 0.233 e. The summed E-state index contributed by atoms with van der Waals surface area (Å²) in [6, 6.07) is 11.4. The zero-order valence-corrected chi connectivity index (χ0v) is 12.4. The van der Waals surface area contributed by atoms with E-state index in [1.54, 1.807) is 6.07 Å². The molecular weight excluding hydrogens is 274 g/mol. The SMILES string of the molecule is CN(C)c1cccc2c(NS(=O)(=O)CCN)cccc12. The summed E-state index contributed by atoms with van der Waals surface area (Å²) >= 11 is 0. The van der Waals surface area contributed by atoms with Gasteiger partial charge >= 0.3 is 0 Å². The summed E-state index contributed by atoms with van der Waals surface area (Å²) in [7, 11) is 0.519. The molecule has 5 nitrogen and oxygen atoms in total. The maximum atomic E-state index is 11.9. The Balaban J connectivity index is 2.53. The van der Waals surface area contributed by atoms with E-state index in [4.69, 9.17) is 5.73 Å². The minimum absolute atomic E-state index is 0.0865. The molecule has 0 unspecified atom stereocenters. The summed E-state index contributed by atoms with van der Waals surface area (Å²) in [4.78, 5) is 2.00. The summed E-state index contributed by atoms with van der Waals surface area (Å²) in [5.74, 6) is -0.0865. The van der Waals surface area contributed by atoms with Crippen LogP contribution in [-0.4, -0.2) is 34.8 Å². The lowest BCUT2D eigenvalue weighted by Crippen LogP contribution is -2.22. The van der Waals surface area contributed by atoms with Gasteiger partial charge in [-0.3, -0.25) is 4.72 Å². The van der Waals surface area contributed by atoms with E-state index in [0.29, 0.717) is 5.69 Å². The Bertz CT molecular complexity index is 711. The van der Waals surface area contributed by atoms with Crippen molar-refractivity contribution in [1.29, 1.82) is 0 Å². The molecule has 0 heterocycles. The summed E-state index contributed by atoms with van der Waals surface area (Å²) in [5.41, 5.74) is 6.95. The Morgan fingerprint density at radius 1 is 1.10 bits per heavy atom. The van der Waals surface area contributed by atoms with Crippen LogP contribution >= 0.6 is 0 Å². The van der Waals surface area contributed by atoms with Gasteiger partial charge in [-0.2, -0.15) is 0 Å². The van der Waals surface area contributed by atoms with Gasteiger partial charge in [-0.05, 0) is 12.1 Å². The fourth-order valence-electron chi connectivity index (χ4n) is 2.15. The van der Waals surface area contributed by atoms with E-state index in [1.807, 2.05) is 49.3 Å². The molecule has 0 spiro atoms. The molecule has 6 heteroatoms. The second-order valence-corrected chi connectivity index (χ2v) is 6.62. The normalized spacial score (nSPS) is 11.6. The van der Waals surface area contributed by atoms with Crippen LogP contribution in [-0.2, 0) is 10.0 Å². The highest BCUT2D eigenvalue weighted by atomic mass is 32.2. The number of sulfonamides is 1. The molecule has 3 N–H and O–H groups in total. The molecule has 0 aliphatic heterocycles. The monoisotopic (exact) mass is 293 g/mol. The minimum atomic E-state index is -3.40. The van der Waals surface area contributed by atoms with E-state index in [0.717, 1.165) is 16.5 Å². The standard InChI is InChI=1S/C14H19N3O2S/c1-17(2)14-8-4-5-11-12(14)6-3-7-13(11)16-20(18,19)10-9-15/h3-8,16H,9-10,15H2,1-2H3. The maximum Gasteiger partial charge on any atom is 0.233 e. The number of nitrogens with zero attached hydrogens (tertiary/aromatic N) is 1. The number of anilines is 2. The molecule has 0 aromatic heterocycles. The molecule has 0 fully saturated rings. The van der Waals surface area contributed by atoms with Gasteiger partial charge in [-0.1, -0.05) is 24.3 Å². The van der Waals surface area contributed by atoms with Gasteiger partial charge in [0.2, 0.25) is 10.0 Å². The number of hydrogen-bond donors (Lipinski definition) is 2. The van der Waals surface area contributed by atoms with Crippen LogP contribution < -0.4 is 15.4 Å². The summed E-state index contributed by atoms with van der Waals surface area (Å²) in [6.07, 6.45) is 0. The lowest BCUT2D eigenvalue weighted by atomic mass is 10.1. The summed E-state index contributed by atoms with van der Waals surface area (Å²) < 4.78 is 26.3. The van der Waals surface area contributed by atoms with E-state index in [2.05, 4.69) is 4.72 Å². The molecule has 0 aliphatic rings. The Labute approximate surface area is 119 Å². The molecule has 0 bridgehead atoms. The highest BCUT2D eigenvalue weighted by molar-refractivity contribution is 7.92. The van der Waals surface area contributed by atoms with Crippen molar-refractivity contribution >= 4 is 32.2 Å². The van der Waals surface area contributed by atoms with Crippen molar-refractivity contribution in [3.8, 4) is 0 Å². The quantitative estimate of drug-likeness (QED) is 0.878. The molecular formula is C14H19N3O2S. The highest BCUT2D eigenvalue weighted by Crippen LogP contribution is 2.30. The number of nitrogens with one attached hydrogen (secondary N) is 1. The average molecular weight is 293 g/mol. The van der Waals surface area contributed by atoms with Crippen molar-refractivity contribution in [2.75, 3.05) is 36.0 Å². The van der Waals surface area contributed by atoms with Gasteiger partial charge < -0.3 is 10.6 Å². The van der Waals surface area contributed by atoms with Crippen LogP contribution in [0.2, 0.25) is 0 Å². The fourth-order valence-corrected chi connectivity index (χ4v) is 3.07. The molecule has 0 amide bonds. The first-order valence-corrected chi connectivity index (χ1v) is 7.99. The Morgan fingerprint density at radius 3 is 2.40 bits per heavy atom. The predicted molar refractivity (Wildman–Crippen MR) is 84.7 cm³/mol. The first-order valence-electron chi connectivity index (χ1n) is 6.34. The fraction of sp³-hybridized carbons (Fsp3) is 0.286. The summed E-state index contributed by atoms with van der Waals surface area (Å²) in [5, 5.41) is 1.88. The van der Waals surface area contributed by atoms with E-state index in [-0.39, 0.29) is 12.3 Å². The first-order chi connectivity index (χ1) is 9.44. The molecule has 2 rings (SSSR count). The molecule has 0 aliphatic carbocycles. The van der Waals surface area contributed by atoms with Gasteiger partial charge in [-0.15, -0.1) is 0 Å². The second-order valence-electron chi connectivity index (χ2n) is 4.78. The van der Waals surface area contributed by atoms with Crippen LogP contribution in [0.25, 0.3) is 10.8 Å². The third-order valence-corrected chi connectivity index (χ3v) is 4.34. The van der Waals surface area contributed by atoms with Crippen molar-refractivity contribution in [3.63, 3.8) is 0 Å². The van der Waals surface area contributed by atoms with Gasteiger partial charge in [0.25, 0.3) is 0 Å². The van der Waals surface area contributed by atoms with Crippen molar-refractivity contribution in [2.24, 2.45) is 5.73 Å². The highest BCUT2D eigenvalue weighted by Gasteiger charge is 2.12. The van der Waals surface area contributed by atoms with Gasteiger partial charge in [0.15, 0.2) is 0 Å². The van der Waals surface area contributed by atoms with Crippen molar-refractivity contribution < 1.29 is 8.42 Å². The number of benzene rings is 2. The Hall–Kier alpha value is -1.79. The van der Waals surface area contributed by atoms with Gasteiger partial charge in [0.1, 0.15) is 0 Å². The zero-order chi connectivity index (χ0) is 14.8. The van der Waals surface area contributed by atoms with Gasteiger partial charge in [0.05, 0.1) is 11.4 Å². The number of fused-ring (bicyclic) bond motifs is 1. The van der Waals surface area contributed by atoms with Crippen LogP contribution in [0.15, 0.2) is 36.4 Å². The van der Waals surface area contributed by atoms with E-state index >= 15 is 0 Å². The Kier molecular flexibility index (Phi) is 4.15. The molecule has 0 radical (unpaired) electrons. The lowest BCUT2D eigenvalue weighted by molar-refractivity contribution is 0.601. The predicted octanol–water partition coefficient (Wildman–Crippen LogP) is 1.61. The van der Waals surface area contributed by atoms with Gasteiger partial charge in [-0.25, -0.2) is 8.42 Å². The van der Waals surface area contributed by atoms with E-state index < -0.39 is 10.0 Å². The molecule has 108 valence electrons. The van der Waals surface area contributed by atoms with Crippen molar-refractivity contribution in [2.45, 2.75) is 0 Å². The number of hydrogen-bond acceptors (Lipinski definition) is 4. The second kappa shape index (κ2) is 5.68. The largest absolute Gasteiger partial charge is 0.377 e. The number of rotatable bonds is 5. The average Bonchev–Trinajstić information content (AvgIpc) is 2.37. The van der Waals surface area contributed by atoms with Crippen molar-refractivity contribution in [1.82, 2.24) is 0 Å². The third kappa shape index (κ3) is 3.02. The number of nitrogens with two attached hydrogens (primary N) is 1. The van der Waals surface area contributed by atoms with Crippen LogP contribution in [0.4, 0.5) is 11.4 Å². The third-order valence-electron chi connectivity index (χ3n) is 3.03. The molecule has 0 saturated carbocycles. The zero-order valence-electron chi connectivity index (χ0n) is 11.6. The van der Waals surface area contributed by atoms with Gasteiger partial charge in [0, 0.05) is 37.1 Å². The van der Waals surface area contributed by atoms with E-state index in [1.165, 1.54) is 0 Å². The van der Waals surface area contributed by atoms with Crippen molar-refractivity contribution in [3.05, 3.63) is 36.4 Å². The minimum Gasteiger partial charge on any atom is -0.377 e. The molecule has 0 saturated heterocycles.